The number of rotatable bonds is 2. The lowest BCUT2D eigenvalue weighted by molar-refractivity contribution is 0.218. The molecule has 0 radical (unpaired) electrons. The number of aryl methyl sites for hydroxylation is 1. The Morgan fingerprint density at radius 1 is 1.21 bits per heavy atom. The predicted molar refractivity (Wildman–Crippen MR) is 76.9 cm³/mol. The number of fused-ring (bicyclic) bond motifs is 1. The Balaban J connectivity index is 2.06. The number of aromatic nitrogens is 1. The number of benzene rings is 1. The first-order valence-electron chi connectivity index (χ1n) is 5.93. The summed E-state index contributed by atoms with van der Waals surface area (Å²) >= 11 is 3.28. The summed E-state index contributed by atoms with van der Waals surface area (Å²) in [4.78, 5) is 4.45. The van der Waals surface area contributed by atoms with E-state index >= 15 is 0 Å². The van der Waals surface area contributed by atoms with E-state index in [1.807, 2.05) is 37.3 Å². The topological polar surface area (TPSA) is 46.3 Å². The molecule has 3 aromatic rings. The number of aliphatic hydroxyl groups excluding tert-OH is 1. The zero-order valence-corrected chi connectivity index (χ0v) is 11.9. The maximum atomic E-state index is 10.4. The summed E-state index contributed by atoms with van der Waals surface area (Å²) in [6.07, 6.45) is 0.841. The molecule has 0 aliphatic rings. The summed E-state index contributed by atoms with van der Waals surface area (Å²) in [6.45, 7) is 1.96. The largest absolute Gasteiger partial charge is 0.457 e. The highest BCUT2D eigenvalue weighted by Gasteiger charge is 2.16. The third-order valence-electron chi connectivity index (χ3n) is 3.11. The van der Waals surface area contributed by atoms with Crippen LogP contribution in [0.5, 0.6) is 0 Å². The fourth-order valence-corrected chi connectivity index (χ4v) is 2.55. The minimum Gasteiger partial charge on any atom is -0.457 e. The number of furan rings is 1. The molecule has 0 aliphatic carbocycles. The van der Waals surface area contributed by atoms with Crippen molar-refractivity contribution in [3.8, 4) is 0 Å². The third-order valence-corrected chi connectivity index (χ3v) is 3.75. The van der Waals surface area contributed by atoms with Crippen molar-refractivity contribution < 1.29 is 9.52 Å². The maximum absolute atomic E-state index is 10.4. The van der Waals surface area contributed by atoms with Crippen LogP contribution < -0.4 is 0 Å². The molecule has 0 amide bonds. The summed E-state index contributed by atoms with van der Waals surface area (Å²) in [5.74, 6) is 0. The molecule has 0 saturated heterocycles. The molecule has 96 valence electrons. The van der Waals surface area contributed by atoms with Crippen LogP contribution in [-0.4, -0.2) is 10.1 Å². The first-order chi connectivity index (χ1) is 9.15. The van der Waals surface area contributed by atoms with E-state index in [9.17, 15) is 5.11 Å². The first kappa shape index (κ1) is 12.4. The Hall–Kier alpha value is -1.65. The van der Waals surface area contributed by atoms with Crippen LogP contribution in [-0.2, 0) is 0 Å². The van der Waals surface area contributed by atoms with Gasteiger partial charge in [0.05, 0.1) is 11.8 Å². The van der Waals surface area contributed by atoms with Crippen molar-refractivity contribution >= 4 is 26.8 Å². The number of aliphatic hydroxyl groups is 1. The van der Waals surface area contributed by atoms with Crippen LogP contribution in [0.3, 0.4) is 0 Å². The van der Waals surface area contributed by atoms with Gasteiger partial charge in [0.1, 0.15) is 6.10 Å². The minimum absolute atomic E-state index is 0.558. The molecule has 0 fully saturated rings. The summed E-state index contributed by atoms with van der Waals surface area (Å²) < 4.78 is 5.71. The van der Waals surface area contributed by atoms with Gasteiger partial charge in [0.15, 0.2) is 4.67 Å². The Morgan fingerprint density at radius 3 is 2.79 bits per heavy atom. The average molecular weight is 318 g/mol. The lowest BCUT2D eigenvalue weighted by atomic mass is 10.0. The van der Waals surface area contributed by atoms with Crippen LogP contribution in [0, 0.1) is 6.92 Å². The van der Waals surface area contributed by atoms with E-state index in [0.717, 1.165) is 27.7 Å². The zero-order chi connectivity index (χ0) is 13.4. The number of hydrogen-bond acceptors (Lipinski definition) is 3. The van der Waals surface area contributed by atoms with Gasteiger partial charge in [-0.15, -0.1) is 0 Å². The third kappa shape index (κ3) is 2.29. The molecule has 0 bridgehead atoms. The highest BCUT2D eigenvalue weighted by molar-refractivity contribution is 9.10. The van der Waals surface area contributed by atoms with Crippen molar-refractivity contribution in [3.05, 3.63) is 64.2 Å². The summed E-state index contributed by atoms with van der Waals surface area (Å²) in [5, 5.41) is 11.4. The van der Waals surface area contributed by atoms with Gasteiger partial charge in [0, 0.05) is 16.6 Å². The number of pyridine rings is 1. The van der Waals surface area contributed by atoms with Crippen molar-refractivity contribution in [2.45, 2.75) is 13.0 Å². The van der Waals surface area contributed by atoms with Crippen LogP contribution in [0.4, 0.5) is 0 Å². The molecular weight excluding hydrogens is 306 g/mol. The van der Waals surface area contributed by atoms with Gasteiger partial charge in [-0.3, -0.25) is 4.98 Å². The van der Waals surface area contributed by atoms with Crippen LogP contribution in [0.25, 0.3) is 10.9 Å². The van der Waals surface area contributed by atoms with Crippen LogP contribution in [0.1, 0.15) is 22.9 Å². The molecular formula is C15H12BrNO2. The Kier molecular flexibility index (Phi) is 3.12. The smallest absolute Gasteiger partial charge is 0.175 e. The highest BCUT2D eigenvalue weighted by atomic mass is 79.9. The fourth-order valence-electron chi connectivity index (χ4n) is 2.09. The SMILES string of the molecule is Cc1ccc2cc(C(O)c3ccoc3Br)ccc2n1. The summed E-state index contributed by atoms with van der Waals surface area (Å²) in [7, 11) is 0. The van der Waals surface area contributed by atoms with Crippen molar-refractivity contribution in [1.82, 2.24) is 4.98 Å². The van der Waals surface area contributed by atoms with Gasteiger partial charge < -0.3 is 9.52 Å². The van der Waals surface area contributed by atoms with Crippen molar-refractivity contribution in [2.75, 3.05) is 0 Å². The molecule has 4 heteroatoms. The van der Waals surface area contributed by atoms with Crippen LogP contribution in [0.15, 0.2) is 51.7 Å². The van der Waals surface area contributed by atoms with E-state index in [2.05, 4.69) is 20.9 Å². The second-order valence-corrected chi connectivity index (χ2v) is 5.18. The number of nitrogens with zero attached hydrogens (tertiary/aromatic N) is 1. The molecule has 19 heavy (non-hydrogen) atoms. The Labute approximate surface area is 119 Å². The van der Waals surface area contributed by atoms with Gasteiger partial charge >= 0.3 is 0 Å². The van der Waals surface area contributed by atoms with E-state index in [-0.39, 0.29) is 0 Å². The first-order valence-corrected chi connectivity index (χ1v) is 6.73. The quantitative estimate of drug-likeness (QED) is 0.777. The molecule has 0 spiro atoms. The minimum atomic E-state index is -0.709. The number of hydrogen-bond donors (Lipinski definition) is 1. The second-order valence-electron chi connectivity index (χ2n) is 4.46. The number of halogens is 1. The second kappa shape index (κ2) is 4.79. The van der Waals surface area contributed by atoms with Crippen molar-refractivity contribution in [1.29, 1.82) is 0 Å². The normalized spacial score (nSPS) is 12.8. The molecule has 2 aromatic heterocycles. The van der Waals surface area contributed by atoms with E-state index in [4.69, 9.17) is 4.42 Å². The highest BCUT2D eigenvalue weighted by Crippen LogP contribution is 2.30. The van der Waals surface area contributed by atoms with Gasteiger partial charge in [-0.2, -0.15) is 0 Å². The van der Waals surface area contributed by atoms with Gasteiger partial charge in [-0.05, 0) is 52.7 Å². The zero-order valence-electron chi connectivity index (χ0n) is 10.3. The van der Waals surface area contributed by atoms with Gasteiger partial charge in [0.2, 0.25) is 0 Å². The lowest BCUT2D eigenvalue weighted by Crippen LogP contribution is -1.99. The standard InChI is InChI=1S/C15H12BrNO2/c1-9-2-3-10-8-11(4-5-13(10)17-9)14(18)12-6-7-19-15(12)16/h2-8,14,18H,1H3. The monoisotopic (exact) mass is 317 g/mol. The van der Waals surface area contributed by atoms with E-state index < -0.39 is 6.10 Å². The van der Waals surface area contributed by atoms with Crippen molar-refractivity contribution in [3.63, 3.8) is 0 Å². The van der Waals surface area contributed by atoms with Crippen LogP contribution >= 0.6 is 15.9 Å². The molecule has 1 aromatic carbocycles. The summed E-state index contributed by atoms with van der Waals surface area (Å²) in [6, 6.07) is 11.5. The molecule has 0 aliphatic heterocycles. The maximum Gasteiger partial charge on any atom is 0.175 e. The lowest BCUT2D eigenvalue weighted by Gasteiger charge is -2.10. The van der Waals surface area contributed by atoms with Gasteiger partial charge in [-0.25, -0.2) is 0 Å². The Morgan fingerprint density at radius 2 is 2.05 bits per heavy atom. The van der Waals surface area contributed by atoms with Gasteiger partial charge in [-0.1, -0.05) is 12.1 Å². The predicted octanol–water partition coefficient (Wildman–Crippen LogP) is 3.98. The van der Waals surface area contributed by atoms with E-state index in [1.54, 1.807) is 12.3 Å². The van der Waals surface area contributed by atoms with Gasteiger partial charge in [0.25, 0.3) is 0 Å². The van der Waals surface area contributed by atoms with E-state index in [1.165, 1.54) is 0 Å². The van der Waals surface area contributed by atoms with Crippen molar-refractivity contribution in [2.24, 2.45) is 0 Å². The molecule has 3 nitrogen and oxygen atoms in total. The van der Waals surface area contributed by atoms with Crippen LogP contribution in [0.2, 0.25) is 0 Å². The summed E-state index contributed by atoms with van der Waals surface area (Å²) in [5.41, 5.74) is 3.46. The Bertz CT molecular complexity index is 736. The molecule has 1 unspecified atom stereocenters. The average Bonchev–Trinajstić information content (AvgIpc) is 2.83. The van der Waals surface area contributed by atoms with E-state index in [0.29, 0.717) is 4.67 Å². The molecule has 2 heterocycles. The molecule has 1 atom stereocenters. The molecule has 0 saturated carbocycles. The fraction of sp³-hybridized carbons (Fsp3) is 0.133. The molecule has 1 N–H and O–H groups in total. The molecule has 3 rings (SSSR count).